The zero-order valence-electron chi connectivity index (χ0n) is 10.8. The Hall–Kier alpha value is -1.79. The number of carboxylic acid groups (broad SMARTS) is 1. The molecule has 3 amide bonds. The number of hydrogen-bond donors (Lipinski definition) is 3. The van der Waals surface area contributed by atoms with Crippen LogP contribution in [0.15, 0.2) is 0 Å². The smallest absolute Gasteiger partial charge is 0.317 e. The van der Waals surface area contributed by atoms with E-state index in [-0.39, 0.29) is 25.0 Å². The second-order valence-corrected chi connectivity index (χ2v) is 5.22. The third-order valence-corrected chi connectivity index (χ3v) is 3.89. The van der Waals surface area contributed by atoms with E-state index in [1.165, 1.54) is 4.90 Å². The molecular weight excluding hydrogens is 250 g/mol. The van der Waals surface area contributed by atoms with Crippen LogP contribution in [0.5, 0.6) is 0 Å². The summed E-state index contributed by atoms with van der Waals surface area (Å²) in [5, 5.41) is 14.5. The number of nitrogens with zero attached hydrogens (tertiary/aromatic N) is 1. The molecule has 0 spiro atoms. The molecule has 1 saturated heterocycles. The lowest BCUT2D eigenvalue weighted by Crippen LogP contribution is -2.51. The molecule has 2 fully saturated rings. The lowest BCUT2D eigenvalue weighted by Gasteiger charge is -2.38. The van der Waals surface area contributed by atoms with Crippen LogP contribution >= 0.6 is 0 Å². The number of rotatable bonds is 3. The summed E-state index contributed by atoms with van der Waals surface area (Å²) in [6, 6.07) is -0.357. The summed E-state index contributed by atoms with van der Waals surface area (Å²) >= 11 is 0. The minimum atomic E-state index is -0.854. The van der Waals surface area contributed by atoms with Crippen LogP contribution in [0.1, 0.15) is 25.7 Å². The minimum Gasteiger partial charge on any atom is -0.481 e. The maximum Gasteiger partial charge on any atom is 0.317 e. The highest BCUT2D eigenvalue weighted by Crippen LogP contribution is 2.40. The number of carbonyl (C=O) groups excluding carboxylic acids is 2. The van der Waals surface area contributed by atoms with E-state index in [4.69, 9.17) is 5.11 Å². The number of carbonyl (C=O) groups is 3. The molecule has 2 rings (SSSR count). The average molecular weight is 269 g/mol. The summed E-state index contributed by atoms with van der Waals surface area (Å²) in [6.45, 7) is 1.25. The second kappa shape index (κ2) is 5.46. The average Bonchev–Trinajstić information content (AvgIpc) is 2.51. The zero-order valence-corrected chi connectivity index (χ0v) is 10.8. The van der Waals surface area contributed by atoms with Crippen LogP contribution in [0.4, 0.5) is 4.79 Å². The summed E-state index contributed by atoms with van der Waals surface area (Å²) in [4.78, 5) is 35.9. The Kier molecular flexibility index (Phi) is 3.92. The largest absolute Gasteiger partial charge is 0.481 e. The maximum atomic E-state index is 11.9. The van der Waals surface area contributed by atoms with Crippen LogP contribution in [-0.2, 0) is 9.59 Å². The highest BCUT2D eigenvalue weighted by atomic mass is 16.4. The van der Waals surface area contributed by atoms with Gasteiger partial charge in [0, 0.05) is 19.6 Å². The van der Waals surface area contributed by atoms with E-state index in [0.29, 0.717) is 32.4 Å². The summed E-state index contributed by atoms with van der Waals surface area (Å²) < 4.78 is 0. The van der Waals surface area contributed by atoms with Crippen molar-refractivity contribution in [2.24, 2.45) is 5.41 Å². The Bertz CT molecular complexity index is 392. The van der Waals surface area contributed by atoms with Gasteiger partial charge in [-0.1, -0.05) is 6.42 Å². The first-order valence-corrected chi connectivity index (χ1v) is 6.56. The highest BCUT2D eigenvalue weighted by molar-refractivity contribution is 5.85. The molecule has 1 aliphatic carbocycles. The molecule has 19 heavy (non-hydrogen) atoms. The third kappa shape index (κ3) is 2.97. The van der Waals surface area contributed by atoms with E-state index < -0.39 is 11.4 Å². The molecule has 1 aliphatic heterocycles. The van der Waals surface area contributed by atoms with Gasteiger partial charge in [-0.2, -0.15) is 0 Å². The molecule has 0 radical (unpaired) electrons. The fourth-order valence-corrected chi connectivity index (χ4v) is 2.41. The molecule has 1 saturated carbocycles. The fourth-order valence-electron chi connectivity index (χ4n) is 2.41. The number of aliphatic carboxylic acids is 1. The molecule has 0 aromatic rings. The van der Waals surface area contributed by atoms with Crippen molar-refractivity contribution >= 4 is 17.9 Å². The molecule has 0 unspecified atom stereocenters. The quantitative estimate of drug-likeness (QED) is 0.659. The van der Waals surface area contributed by atoms with Crippen LogP contribution in [0.25, 0.3) is 0 Å². The van der Waals surface area contributed by atoms with E-state index in [1.54, 1.807) is 0 Å². The van der Waals surface area contributed by atoms with Gasteiger partial charge < -0.3 is 20.6 Å². The third-order valence-electron chi connectivity index (χ3n) is 3.89. The highest BCUT2D eigenvalue weighted by Gasteiger charge is 2.44. The normalized spacial score (nSPS) is 21.9. The first kappa shape index (κ1) is 13.6. The molecule has 0 aromatic heterocycles. The maximum absolute atomic E-state index is 11.9. The van der Waals surface area contributed by atoms with E-state index in [0.717, 1.165) is 6.42 Å². The molecule has 2 aliphatic rings. The SMILES string of the molecule is O=C1CN(C(=O)NCC2(C(=O)O)CCC2)CCCN1. The van der Waals surface area contributed by atoms with Gasteiger partial charge in [0.25, 0.3) is 0 Å². The Morgan fingerprint density at radius 2 is 2.11 bits per heavy atom. The predicted molar refractivity (Wildman–Crippen MR) is 66.5 cm³/mol. The summed E-state index contributed by atoms with van der Waals surface area (Å²) in [5.74, 6) is -1.03. The van der Waals surface area contributed by atoms with Crippen molar-refractivity contribution in [1.82, 2.24) is 15.5 Å². The van der Waals surface area contributed by atoms with Crippen molar-refractivity contribution in [3.8, 4) is 0 Å². The fraction of sp³-hybridized carbons (Fsp3) is 0.750. The van der Waals surface area contributed by atoms with Crippen LogP contribution < -0.4 is 10.6 Å². The van der Waals surface area contributed by atoms with Gasteiger partial charge in [-0.05, 0) is 19.3 Å². The van der Waals surface area contributed by atoms with Gasteiger partial charge in [-0.15, -0.1) is 0 Å². The van der Waals surface area contributed by atoms with E-state index in [2.05, 4.69) is 10.6 Å². The van der Waals surface area contributed by atoms with Crippen molar-refractivity contribution in [3.63, 3.8) is 0 Å². The summed E-state index contributed by atoms with van der Waals surface area (Å²) in [5.41, 5.74) is -0.802. The van der Waals surface area contributed by atoms with Crippen molar-refractivity contribution in [2.75, 3.05) is 26.2 Å². The first-order valence-electron chi connectivity index (χ1n) is 6.56. The molecule has 3 N–H and O–H groups in total. The molecular formula is C12H19N3O4. The van der Waals surface area contributed by atoms with Crippen molar-refractivity contribution < 1.29 is 19.5 Å². The number of urea groups is 1. The summed E-state index contributed by atoms with van der Waals surface area (Å²) in [7, 11) is 0. The first-order chi connectivity index (χ1) is 9.03. The Balaban J connectivity index is 1.86. The van der Waals surface area contributed by atoms with Crippen molar-refractivity contribution in [1.29, 1.82) is 0 Å². The number of nitrogens with one attached hydrogen (secondary N) is 2. The van der Waals surface area contributed by atoms with Gasteiger partial charge in [-0.3, -0.25) is 9.59 Å². The Morgan fingerprint density at radius 3 is 2.68 bits per heavy atom. The summed E-state index contributed by atoms with van der Waals surface area (Å²) in [6.07, 6.45) is 2.80. The molecule has 7 heteroatoms. The molecule has 0 aromatic carbocycles. The van der Waals surface area contributed by atoms with Crippen LogP contribution in [-0.4, -0.2) is 54.1 Å². The number of amides is 3. The molecule has 0 bridgehead atoms. The topological polar surface area (TPSA) is 98.7 Å². The molecule has 7 nitrogen and oxygen atoms in total. The van der Waals surface area contributed by atoms with Gasteiger partial charge >= 0.3 is 12.0 Å². The predicted octanol–water partition coefficient (Wildman–Crippen LogP) is -0.227. The number of carboxylic acids is 1. The van der Waals surface area contributed by atoms with Crippen molar-refractivity contribution in [3.05, 3.63) is 0 Å². The molecule has 0 atom stereocenters. The van der Waals surface area contributed by atoms with Crippen LogP contribution in [0.3, 0.4) is 0 Å². The van der Waals surface area contributed by atoms with E-state index in [1.807, 2.05) is 0 Å². The second-order valence-electron chi connectivity index (χ2n) is 5.22. The van der Waals surface area contributed by atoms with Gasteiger partial charge in [-0.25, -0.2) is 4.79 Å². The lowest BCUT2D eigenvalue weighted by atomic mass is 9.69. The van der Waals surface area contributed by atoms with Crippen LogP contribution in [0.2, 0.25) is 0 Å². The van der Waals surface area contributed by atoms with Gasteiger partial charge in [0.15, 0.2) is 0 Å². The molecule has 106 valence electrons. The minimum absolute atomic E-state index is 0.0336. The standard InChI is InChI=1S/C12H19N3O4/c16-9-7-15(6-2-5-13-9)11(19)14-8-12(10(17)18)3-1-4-12/h1-8H2,(H,13,16)(H,14,19)(H,17,18). The zero-order chi connectivity index (χ0) is 13.9. The lowest BCUT2D eigenvalue weighted by molar-refractivity contribution is -0.153. The van der Waals surface area contributed by atoms with Gasteiger partial charge in [0.2, 0.25) is 5.91 Å². The van der Waals surface area contributed by atoms with E-state index >= 15 is 0 Å². The van der Waals surface area contributed by atoms with E-state index in [9.17, 15) is 14.4 Å². The number of hydrogen-bond acceptors (Lipinski definition) is 3. The Labute approximate surface area is 111 Å². The van der Waals surface area contributed by atoms with Gasteiger partial charge in [0.1, 0.15) is 6.54 Å². The van der Waals surface area contributed by atoms with Gasteiger partial charge in [0.05, 0.1) is 5.41 Å². The molecule has 1 heterocycles. The van der Waals surface area contributed by atoms with Crippen molar-refractivity contribution in [2.45, 2.75) is 25.7 Å². The van der Waals surface area contributed by atoms with Crippen LogP contribution in [0, 0.1) is 5.41 Å². The Morgan fingerprint density at radius 1 is 1.37 bits per heavy atom. The monoisotopic (exact) mass is 269 g/mol.